The molecule has 0 atom stereocenters. The number of hydrogen-bond donors (Lipinski definition) is 0. The van der Waals surface area contributed by atoms with Crippen LogP contribution in [0, 0.1) is 19.7 Å². The van der Waals surface area contributed by atoms with Crippen molar-refractivity contribution in [1.82, 2.24) is 0 Å². The van der Waals surface area contributed by atoms with E-state index in [4.69, 9.17) is 4.74 Å². The van der Waals surface area contributed by atoms with Crippen LogP contribution in [0.2, 0.25) is 0 Å². The lowest BCUT2D eigenvalue weighted by atomic mass is 10.0. The third kappa shape index (κ3) is 2.91. The van der Waals surface area contributed by atoms with Gasteiger partial charge in [-0.05, 0) is 64.7 Å². The van der Waals surface area contributed by atoms with Crippen molar-refractivity contribution in [3.05, 3.63) is 63.4 Å². The average molecular weight is 309 g/mol. The van der Waals surface area contributed by atoms with E-state index in [1.165, 1.54) is 22.8 Å². The van der Waals surface area contributed by atoms with E-state index in [2.05, 4.69) is 41.9 Å². The fraction of sp³-hybridized carbons (Fsp3) is 0.200. The number of ether oxygens (including phenoxy) is 1. The summed E-state index contributed by atoms with van der Waals surface area (Å²) in [5.74, 6) is 0.375. The van der Waals surface area contributed by atoms with Crippen LogP contribution < -0.4 is 4.74 Å². The molecular formula is C15H14BrFO. The van der Waals surface area contributed by atoms with Crippen molar-refractivity contribution >= 4 is 15.9 Å². The molecule has 2 rings (SSSR count). The first-order valence-electron chi connectivity index (χ1n) is 5.71. The zero-order valence-electron chi connectivity index (χ0n) is 10.3. The number of rotatable bonds is 3. The highest BCUT2D eigenvalue weighted by molar-refractivity contribution is 9.10. The highest BCUT2D eigenvalue weighted by atomic mass is 79.9. The zero-order valence-corrected chi connectivity index (χ0v) is 11.9. The van der Waals surface area contributed by atoms with E-state index in [0.717, 1.165) is 0 Å². The molecule has 0 aliphatic heterocycles. The monoisotopic (exact) mass is 308 g/mol. The molecule has 0 fully saturated rings. The smallest absolute Gasteiger partial charge is 0.137 e. The van der Waals surface area contributed by atoms with Gasteiger partial charge in [-0.1, -0.05) is 18.2 Å². The Morgan fingerprint density at radius 3 is 2.39 bits per heavy atom. The standard InChI is InChI=1S/C15H14BrFO/c1-10-4-3-5-11(2)13(10)9-18-12-6-7-15(17)14(16)8-12/h3-8H,9H2,1-2H3. The van der Waals surface area contributed by atoms with Gasteiger partial charge in [0.05, 0.1) is 4.47 Å². The Morgan fingerprint density at radius 1 is 1.11 bits per heavy atom. The van der Waals surface area contributed by atoms with Gasteiger partial charge >= 0.3 is 0 Å². The lowest BCUT2D eigenvalue weighted by molar-refractivity contribution is 0.304. The van der Waals surface area contributed by atoms with Crippen LogP contribution in [-0.4, -0.2) is 0 Å². The van der Waals surface area contributed by atoms with Gasteiger partial charge in [-0.2, -0.15) is 0 Å². The maximum atomic E-state index is 13.1. The van der Waals surface area contributed by atoms with Crippen molar-refractivity contribution in [3.8, 4) is 5.75 Å². The maximum absolute atomic E-state index is 13.1. The minimum absolute atomic E-state index is 0.283. The second-order valence-corrected chi connectivity index (χ2v) is 5.09. The summed E-state index contributed by atoms with van der Waals surface area (Å²) < 4.78 is 19.2. The molecule has 0 bridgehead atoms. The van der Waals surface area contributed by atoms with Crippen molar-refractivity contribution in [2.75, 3.05) is 0 Å². The second-order valence-electron chi connectivity index (χ2n) is 4.23. The molecule has 2 aromatic rings. The minimum Gasteiger partial charge on any atom is -0.489 e. The summed E-state index contributed by atoms with van der Waals surface area (Å²) in [5, 5.41) is 0. The van der Waals surface area contributed by atoms with Crippen LogP contribution in [0.15, 0.2) is 40.9 Å². The first kappa shape index (κ1) is 13.1. The highest BCUT2D eigenvalue weighted by Crippen LogP contribution is 2.23. The number of halogens is 2. The second kappa shape index (κ2) is 5.53. The molecule has 0 N–H and O–H groups in total. The molecule has 2 aromatic carbocycles. The molecule has 1 nitrogen and oxygen atoms in total. The average Bonchev–Trinajstić information content (AvgIpc) is 2.33. The van der Waals surface area contributed by atoms with E-state index >= 15 is 0 Å². The van der Waals surface area contributed by atoms with Crippen LogP contribution in [0.4, 0.5) is 4.39 Å². The Balaban J connectivity index is 2.14. The van der Waals surface area contributed by atoms with E-state index in [-0.39, 0.29) is 5.82 Å². The summed E-state index contributed by atoms with van der Waals surface area (Å²) in [6.07, 6.45) is 0. The van der Waals surface area contributed by atoms with E-state index in [1.54, 1.807) is 12.1 Å². The Labute approximate surface area is 115 Å². The summed E-state index contributed by atoms with van der Waals surface area (Å²) in [6, 6.07) is 10.8. The molecule has 0 saturated carbocycles. The SMILES string of the molecule is Cc1cccc(C)c1COc1ccc(F)c(Br)c1. The molecule has 0 aliphatic carbocycles. The Bertz CT molecular complexity index is 546. The summed E-state index contributed by atoms with van der Waals surface area (Å²) in [4.78, 5) is 0. The van der Waals surface area contributed by atoms with Gasteiger partial charge in [0.25, 0.3) is 0 Å². The third-order valence-electron chi connectivity index (χ3n) is 2.92. The van der Waals surface area contributed by atoms with Gasteiger partial charge in [0, 0.05) is 0 Å². The van der Waals surface area contributed by atoms with Crippen LogP contribution in [0.3, 0.4) is 0 Å². The molecule has 0 spiro atoms. The minimum atomic E-state index is -0.283. The highest BCUT2D eigenvalue weighted by Gasteiger charge is 2.05. The summed E-state index contributed by atoms with van der Waals surface area (Å²) >= 11 is 3.15. The molecule has 0 aliphatic rings. The van der Waals surface area contributed by atoms with Crippen LogP contribution in [0.5, 0.6) is 5.75 Å². The normalized spacial score (nSPS) is 10.4. The van der Waals surface area contributed by atoms with Gasteiger partial charge < -0.3 is 4.74 Å². The molecule has 0 radical (unpaired) electrons. The molecule has 94 valence electrons. The lowest BCUT2D eigenvalue weighted by Crippen LogP contribution is -2.00. The van der Waals surface area contributed by atoms with Gasteiger partial charge in [0.2, 0.25) is 0 Å². The predicted molar refractivity (Wildman–Crippen MR) is 74.3 cm³/mol. The molecule has 0 unspecified atom stereocenters. The summed E-state index contributed by atoms with van der Waals surface area (Å²) in [7, 11) is 0. The Kier molecular flexibility index (Phi) is 4.02. The van der Waals surface area contributed by atoms with Crippen LogP contribution >= 0.6 is 15.9 Å². The lowest BCUT2D eigenvalue weighted by Gasteiger charge is -2.11. The molecule has 0 amide bonds. The molecule has 3 heteroatoms. The molecule has 18 heavy (non-hydrogen) atoms. The Morgan fingerprint density at radius 2 is 1.78 bits per heavy atom. The van der Waals surface area contributed by atoms with E-state index in [0.29, 0.717) is 16.8 Å². The number of benzene rings is 2. The summed E-state index contributed by atoms with van der Waals surface area (Å²) in [5.41, 5.74) is 3.59. The van der Waals surface area contributed by atoms with Crippen molar-refractivity contribution in [2.45, 2.75) is 20.5 Å². The van der Waals surface area contributed by atoms with Crippen molar-refractivity contribution in [2.24, 2.45) is 0 Å². The maximum Gasteiger partial charge on any atom is 0.137 e. The first-order valence-corrected chi connectivity index (χ1v) is 6.50. The fourth-order valence-electron chi connectivity index (χ4n) is 1.80. The predicted octanol–water partition coefficient (Wildman–Crippen LogP) is 4.78. The molecule has 0 aromatic heterocycles. The van der Waals surface area contributed by atoms with E-state index in [9.17, 15) is 4.39 Å². The topological polar surface area (TPSA) is 9.23 Å². The van der Waals surface area contributed by atoms with Gasteiger partial charge in [-0.15, -0.1) is 0 Å². The van der Waals surface area contributed by atoms with E-state index < -0.39 is 0 Å². The number of hydrogen-bond acceptors (Lipinski definition) is 1. The molecule has 0 heterocycles. The largest absolute Gasteiger partial charge is 0.489 e. The van der Waals surface area contributed by atoms with Crippen molar-refractivity contribution < 1.29 is 9.13 Å². The van der Waals surface area contributed by atoms with Gasteiger partial charge in [-0.3, -0.25) is 0 Å². The Hall–Kier alpha value is -1.35. The molecule has 0 saturated heterocycles. The van der Waals surface area contributed by atoms with Gasteiger partial charge in [0.15, 0.2) is 0 Å². The van der Waals surface area contributed by atoms with Crippen LogP contribution in [-0.2, 0) is 6.61 Å². The zero-order chi connectivity index (χ0) is 13.1. The first-order chi connectivity index (χ1) is 8.58. The van der Waals surface area contributed by atoms with E-state index in [1.807, 2.05) is 6.07 Å². The number of aryl methyl sites for hydroxylation is 2. The van der Waals surface area contributed by atoms with Crippen LogP contribution in [0.1, 0.15) is 16.7 Å². The van der Waals surface area contributed by atoms with Crippen molar-refractivity contribution in [1.29, 1.82) is 0 Å². The van der Waals surface area contributed by atoms with Gasteiger partial charge in [0.1, 0.15) is 18.2 Å². The quantitative estimate of drug-likeness (QED) is 0.792. The van der Waals surface area contributed by atoms with Crippen LogP contribution in [0.25, 0.3) is 0 Å². The molecular weight excluding hydrogens is 295 g/mol. The van der Waals surface area contributed by atoms with Gasteiger partial charge in [-0.25, -0.2) is 4.39 Å². The fourth-order valence-corrected chi connectivity index (χ4v) is 2.16. The summed E-state index contributed by atoms with van der Waals surface area (Å²) in [6.45, 7) is 4.62. The van der Waals surface area contributed by atoms with Crippen molar-refractivity contribution in [3.63, 3.8) is 0 Å². The third-order valence-corrected chi connectivity index (χ3v) is 3.53.